The molecule has 0 aromatic carbocycles. The molecule has 18 heavy (non-hydrogen) atoms. The first-order chi connectivity index (χ1) is 8.56. The molecule has 0 radical (unpaired) electrons. The van der Waals surface area contributed by atoms with Crippen LogP contribution < -0.4 is 0 Å². The zero-order valence-electron chi connectivity index (χ0n) is 12.7. The minimum atomic E-state index is 0.700. The second-order valence-electron chi connectivity index (χ2n) is 7.22. The highest BCUT2D eigenvalue weighted by molar-refractivity contribution is 5.09. The topological polar surface area (TPSA) is 0 Å². The van der Waals surface area contributed by atoms with Gasteiger partial charge in [-0.25, -0.2) is 0 Å². The van der Waals surface area contributed by atoms with Gasteiger partial charge in [0.1, 0.15) is 0 Å². The highest BCUT2D eigenvalue weighted by Gasteiger charge is 2.25. The molecule has 0 spiro atoms. The van der Waals surface area contributed by atoms with Crippen LogP contribution in [-0.4, -0.2) is 0 Å². The van der Waals surface area contributed by atoms with Gasteiger partial charge in [-0.15, -0.1) is 0 Å². The van der Waals surface area contributed by atoms with Crippen LogP contribution in [0.1, 0.15) is 66.2 Å². The summed E-state index contributed by atoms with van der Waals surface area (Å²) >= 11 is 0. The van der Waals surface area contributed by atoms with Gasteiger partial charge in [-0.3, -0.25) is 0 Å². The molecule has 0 bridgehead atoms. The molecule has 0 heteroatoms. The molecule has 2 saturated carbocycles. The lowest BCUT2D eigenvalue weighted by Gasteiger charge is -2.30. The lowest BCUT2D eigenvalue weighted by Crippen LogP contribution is -2.21. The van der Waals surface area contributed by atoms with Gasteiger partial charge in [-0.05, 0) is 62.2 Å². The lowest BCUT2D eigenvalue weighted by atomic mass is 9.74. The Bertz CT molecular complexity index is 289. The van der Waals surface area contributed by atoms with Crippen molar-refractivity contribution in [2.24, 2.45) is 35.5 Å². The maximum Gasteiger partial charge on any atom is 0.0205 e. The third-order valence-electron chi connectivity index (χ3n) is 5.69. The van der Waals surface area contributed by atoms with Crippen LogP contribution in [0.4, 0.5) is 0 Å². The van der Waals surface area contributed by atoms with E-state index in [1.807, 2.05) is 0 Å². The third-order valence-corrected chi connectivity index (χ3v) is 5.69. The largest absolute Gasteiger partial charge is 0.0996 e. The Hall–Kier alpha value is -0.440. The number of hydrogen-bond donors (Lipinski definition) is 0. The molecule has 0 amide bonds. The molecule has 0 N–H and O–H groups in total. The van der Waals surface area contributed by atoms with Gasteiger partial charge in [0.25, 0.3) is 0 Å². The predicted molar refractivity (Wildman–Crippen MR) is 79.1 cm³/mol. The first-order valence-corrected chi connectivity index (χ1v) is 8.07. The van der Waals surface area contributed by atoms with E-state index in [4.69, 9.17) is 0 Å². The maximum absolute atomic E-state index is 3.63. The first kappa shape index (κ1) is 14.0. The van der Waals surface area contributed by atoms with Crippen molar-refractivity contribution in [1.82, 2.24) is 0 Å². The van der Waals surface area contributed by atoms with Crippen molar-refractivity contribution in [3.8, 4) is 11.8 Å². The second kappa shape index (κ2) is 6.14. The fraction of sp³-hybridized carbons (Fsp3) is 0.889. The summed E-state index contributed by atoms with van der Waals surface area (Å²) in [6.07, 6.45) is 8.14. The van der Waals surface area contributed by atoms with Gasteiger partial charge in [0.2, 0.25) is 0 Å². The standard InChI is InChI=1S/C18H30/c1-13-5-7-17(11-15(13)3)9-10-18-8-6-14(2)16(4)12-18/h13-18H,5-8,11-12H2,1-4H3. The molecule has 6 unspecified atom stereocenters. The van der Waals surface area contributed by atoms with E-state index >= 15 is 0 Å². The SMILES string of the molecule is CC1CCC(C#CC2CCC(C)C(C)C2)CC1C. The van der Waals surface area contributed by atoms with Crippen LogP contribution in [0, 0.1) is 47.3 Å². The maximum atomic E-state index is 3.63. The summed E-state index contributed by atoms with van der Waals surface area (Å²) in [6, 6.07) is 0. The first-order valence-electron chi connectivity index (χ1n) is 8.07. The molecule has 2 fully saturated rings. The van der Waals surface area contributed by atoms with E-state index < -0.39 is 0 Å². The van der Waals surface area contributed by atoms with Crippen LogP contribution in [-0.2, 0) is 0 Å². The Morgan fingerprint density at radius 1 is 0.556 bits per heavy atom. The number of hydrogen-bond acceptors (Lipinski definition) is 0. The minimum absolute atomic E-state index is 0.700. The van der Waals surface area contributed by atoms with Crippen molar-refractivity contribution in [3.05, 3.63) is 0 Å². The van der Waals surface area contributed by atoms with Crippen LogP contribution in [0.2, 0.25) is 0 Å². The summed E-state index contributed by atoms with van der Waals surface area (Å²) in [5.41, 5.74) is 0. The van der Waals surface area contributed by atoms with E-state index in [9.17, 15) is 0 Å². The molecule has 6 atom stereocenters. The zero-order valence-corrected chi connectivity index (χ0v) is 12.7. The Labute approximate surface area is 114 Å². The number of rotatable bonds is 0. The lowest BCUT2D eigenvalue weighted by molar-refractivity contribution is 0.236. The molecule has 0 heterocycles. The molecular weight excluding hydrogens is 216 g/mol. The Balaban J connectivity index is 1.85. The van der Waals surface area contributed by atoms with Crippen molar-refractivity contribution in [1.29, 1.82) is 0 Å². The van der Waals surface area contributed by atoms with Gasteiger partial charge in [-0.1, -0.05) is 39.5 Å². The smallest absolute Gasteiger partial charge is 0.0205 e. The quantitative estimate of drug-likeness (QED) is 0.519. The Morgan fingerprint density at radius 3 is 1.28 bits per heavy atom. The zero-order chi connectivity index (χ0) is 13.1. The summed E-state index contributed by atoms with van der Waals surface area (Å²) in [5.74, 6) is 12.2. The molecule has 2 aliphatic carbocycles. The molecule has 0 nitrogen and oxygen atoms in total. The summed E-state index contributed by atoms with van der Waals surface area (Å²) in [5, 5.41) is 0. The van der Waals surface area contributed by atoms with E-state index in [0.717, 1.165) is 23.7 Å². The Morgan fingerprint density at radius 2 is 0.944 bits per heavy atom. The highest BCUT2D eigenvalue weighted by Crippen LogP contribution is 2.35. The van der Waals surface area contributed by atoms with Gasteiger partial charge in [-0.2, -0.15) is 0 Å². The molecule has 2 aliphatic rings. The summed E-state index contributed by atoms with van der Waals surface area (Å²) in [6.45, 7) is 9.61. The van der Waals surface area contributed by atoms with E-state index in [2.05, 4.69) is 39.5 Å². The van der Waals surface area contributed by atoms with Crippen molar-refractivity contribution in [2.75, 3.05) is 0 Å². The van der Waals surface area contributed by atoms with Crippen molar-refractivity contribution in [3.63, 3.8) is 0 Å². The predicted octanol–water partition coefficient (Wildman–Crippen LogP) is 5.13. The van der Waals surface area contributed by atoms with Crippen LogP contribution in [0.25, 0.3) is 0 Å². The second-order valence-corrected chi connectivity index (χ2v) is 7.22. The van der Waals surface area contributed by atoms with Gasteiger partial charge in [0, 0.05) is 11.8 Å². The summed E-state index contributed by atoms with van der Waals surface area (Å²) in [4.78, 5) is 0. The molecular formula is C18H30. The van der Waals surface area contributed by atoms with E-state index in [-0.39, 0.29) is 0 Å². The van der Waals surface area contributed by atoms with Gasteiger partial charge in [0.15, 0.2) is 0 Å². The van der Waals surface area contributed by atoms with Crippen molar-refractivity contribution in [2.45, 2.75) is 66.2 Å². The third kappa shape index (κ3) is 3.53. The van der Waals surface area contributed by atoms with Crippen molar-refractivity contribution < 1.29 is 0 Å². The normalized spacial score (nSPS) is 45.1. The highest BCUT2D eigenvalue weighted by atomic mass is 14.3. The van der Waals surface area contributed by atoms with Gasteiger partial charge < -0.3 is 0 Å². The fourth-order valence-corrected chi connectivity index (χ4v) is 3.59. The van der Waals surface area contributed by atoms with Crippen LogP contribution in [0.3, 0.4) is 0 Å². The summed E-state index contributed by atoms with van der Waals surface area (Å²) in [7, 11) is 0. The monoisotopic (exact) mass is 246 g/mol. The van der Waals surface area contributed by atoms with E-state index in [0.29, 0.717) is 11.8 Å². The molecule has 0 aromatic heterocycles. The van der Waals surface area contributed by atoms with Gasteiger partial charge in [0.05, 0.1) is 0 Å². The minimum Gasteiger partial charge on any atom is -0.0996 e. The van der Waals surface area contributed by atoms with Crippen LogP contribution in [0.15, 0.2) is 0 Å². The van der Waals surface area contributed by atoms with Crippen LogP contribution >= 0.6 is 0 Å². The molecule has 0 saturated heterocycles. The van der Waals surface area contributed by atoms with E-state index in [1.54, 1.807) is 0 Å². The average molecular weight is 246 g/mol. The van der Waals surface area contributed by atoms with Crippen LogP contribution in [0.5, 0.6) is 0 Å². The molecule has 0 aliphatic heterocycles. The molecule has 2 rings (SSSR count). The van der Waals surface area contributed by atoms with E-state index in [1.165, 1.54) is 38.5 Å². The summed E-state index contributed by atoms with van der Waals surface area (Å²) < 4.78 is 0. The van der Waals surface area contributed by atoms with Crippen molar-refractivity contribution >= 4 is 0 Å². The molecule has 0 aromatic rings. The average Bonchev–Trinajstić information content (AvgIpc) is 2.35. The van der Waals surface area contributed by atoms with Gasteiger partial charge >= 0.3 is 0 Å². The Kier molecular flexibility index (Phi) is 4.77. The fourth-order valence-electron chi connectivity index (χ4n) is 3.59. The molecule has 102 valence electrons.